The fourth-order valence-corrected chi connectivity index (χ4v) is 1.89. The summed E-state index contributed by atoms with van der Waals surface area (Å²) in [5.41, 5.74) is 2.69. The lowest BCUT2D eigenvalue weighted by Crippen LogP contribution is -2.32. The van der Waals surface area contributed by atoms with Gasteiger partial charge in [0.25, 0.3) is 0 Å². The summed E-state index contributed by atoms with van der Waals surface area (Å²) in [7, 11) is 0. The number of rotatable bonds is 1. The van der Waals surface area contributed by atoms with Gasteiger partial charge in [-0.25, -0.2) is 4.39 Å². The van der Waals surface area contributed by atoms with Crippen molar-refractivity contribution >= 4 is 5.57 Å². The monoisotopic (exact) mass is 207 g/mol. The highest BCUT2D eigenvalue weighted by Crippen LogP contribution is 2.23. The van der Waals surface area contributed by atoms with Crippen LogP contribution in [-0.4, -0.2) is 24.3 Å². The third-order valence-corrected chi connectivity index (χ3v) is 2.66. The fraction of sp³-hybridized carbons (Fsp3) is 0.333. The van der Waals surface area contributed by atoms with Crippen molar-refractivity contribution < 1.29 is 9.50 Å². The molecule has 0 saturated heterocycles. The van der Waals surface area contributed by atoms with Crippen LogP contribution in [0.5, 0.6) is 0 Å². The predicted molar refractivity (Wildman–Crippen MR) is 58.0 cm³/mol. The molecule has 0 saturated carbocycles. The van der Waals surface area contributed by atoms with Gasteiger partial charge >= 0.3 is 0 Å². The van der Waals surface area contributed by atoms with E-state index in [9.17, 15) is 9.50 Å². The molecule has 3 heteroatoms. The average molecular weight is 207 g/mol. The average Bonchev–Trinajstić information content (AvgIpc) is 2.20. The van der Waals surface area contributed by atoms with E-state index in [1.165, 1.54) is 12.1 Å². The Labute approximate surface area is 88.4 Å². The van der Waals surface area contributed by atoms with E-state index in [0.29, 0.717) is 6.54 Å². The summed E-state index contributed by atoms with van der Waals surface area (Å²) < 4.78 is 12.9. The quantitative estimate of drug-likeness (QED) is 0.731. The summed E-state index contributed by atoms with van der Waals surface area (Å²) in [6, 6.07) is 4.65. The van der Waals surface area contributed by atoms with Gasteiger partial charge in [-0.3, -0.25) is 0 Å². The molecule has 1 aliphatic heterocycles. The van der Waals surface area contributed by atoms with Crippen molar-refractivity contribution in [3.63, 3.8) is 0 Å². The Balaban J connectivity index is 2.40. The smallest absolute Gasteiger partial charge is 0.123 e. The molecule has 0 aromatic heterocycles. The number of aryl methyl sites for hydroxylation is 1. The van der Waals surface area contributed by atoms with Crippen molar-refractivity contribution in [2.45, 2.75) is 13.0 Å². The van der Waals surface area contributed by atoms with Crippen LogP contribution < -0.4 is 5.32 Å². The normalized spacial score (nSPS) is 21.3. The first-order valence-corrected chi connectivity index (χ1v) is 5.04. The summed E-state index contributed by atoms with van der Waals surface area (Å²) in [4.78, 5) is 0. The van der Waals surface area contributed by atoms with Crippen LogP contribution in [0.4, 0.5) is 4.39 Å². The van der Waals surface area contributed by atoms with Gasteiger partial charge in [-0.1, -0.05) is 12.1 Å². The zero-order valence-corrected chi connectivity index (χ0v) is 8.63. The van der Waals surface area contributed by atoms with Gasteiger partial charge in [0.05, 0.1) is 6.10 Å². The second-order valence-electron chi connectivity index (χ2n) is 3.79. The molecule has 2 rings (SSSR count). The van der Waals surface area contributed by atoms with E-state index >= 15 is 0 Å². The lowest BCUT2D eigenvalue weighted by molar-refractivity contribution is 0.225. The molecule has 0 amide bonds. The molecule has 2 N–H and O–H groups in total. The van der Waals surface area contributed by atoms with Crippen LogP contribution >= 0.6 is 0 Å². The molecule has 0 bridgehead atoms. The third-order valence-electron chi connectivity index (χ3n) is 2.66. The first kappa shape index (κ1) is 10.3. The molecule has 1 aliphatic rings. The highest BCUT2D eigenvalue weighted by Gasteiger charge is 2.17. The first-order chi connectivity index (χ1) is 7.18. The van der Waals surface area contributed by atoms with Crippen molar-refractivity contribution in [3.05, 3.63) is 41.2 Å². The fourth-order valence-electron chi connectivity index (χ4n) is 1.89. The van der Waals surface area contributed by atoms with Gasteiger partial charge in [0.1, 0.15) is 5.82 Å². The number of nitrogens with one attached hydrogen (secondary N) is 1. The number of β-amino-alcohol motifs (C(OH)–C–C–N with tert-alkyl or cyclic N) is 1. The Kier molecular flexibility index (Phi) is 2.84. The van der Waals surface area contributed by atoms with Gasteiger partial charge < -0.3 is 10.4 Å². The van der Waals surface area contributed by atoms with Crippen LogP contribution in [0.1, 0.15) is 11.1 Å². The predicted octanol–water partition coefficient (Wildman–Crippen LogP) is 1.48. The molecular weight excluding hydrogens is 193 g/mol. The highest BCUT2D eigenvalue weighted by molar-refractivity contribution is 5.72. The van der Waals surface area contributed by atoms with Crippen molar-refractivity contribution in [3.8, 4) is 0 Å². The molecule has 0 unspecified atom stereocenters. The Morgan fingerprint density at radius 3 is 2.93 bits per heavy atom. The van der Waals surface area contributed by atoms with Gasteiger partial charge in [-0.15, -0.1) is 0 Å². The molecule has 1 atom stereocenters. The number of hydrogen-bond acceptors (Lipinski definition) is 2. The van der Waals surface area contributed by atoms with Crippen LogP contribution in [0.15, 0.2) is 24.3 Å². The number of aliphatic hydroxyl groups is 1. The largest absolute Gasteiger partial charge is 0.387 e. The van der Waals surface area contributed by atoms with E-state index in [0.717, 1.165) is 23.2 Å². The van der Waals surface area contributed by atoms with Gasteiger partial charge in [0, 0.05) is 13.1 Å². The molecule has 0 radical (unpaired) electrons. The van der Waals surface area contributed by atoms with Crippen molar-refractivity contribution in [1.82, 2.24) is 5.32 Å². The Morgan fingerprint density at radius 2 is 2.27 bits per heavy atom. The third kappa shape index (κ3) is 2.08. The van der Waals surface area contributed by atoms with E-state index in [2.05, 4.69) is 5.32 Å². The molecule has 0 spiro atoms. The molecule has 2 nitrogen and oxygen atoms in total. The second kappa shape index (κ2) is 4.13. The minimum atomic E-state index is -0.497. The minimum absolute atomic E-state index is 0.236. The Morgan fingerprint density at radius 1 is 1.47 bits per heavy atom. The van der Waals surface area contributed by atoms with E-state index in [4.69, 9.17) is 0 Å². The summed E-state index contributed by atoms with van der Waals surface area (Å²) >= 11 is 0. The van der Waals surface area contributed by atoms with Gasteiger partial charge in [0.15, 0.2) is 0 Å². The Bertz CT molecular complexity index is 401. The zero-order valence-electron chi connectivity index (χ0n) is 8.63. The van der Waals surface area contributed by atoms with Crippen LogP contribution in [-0.2, 0) is 0 Å². The maximum atomic E-state index is 12.9. The molecule has 1 aromatic carbocycles. The van der Waals surface area contributed by atoms with Gasteiger partial charge in [-0.2, -0.15) is 0 Å². The van der Waals surface area contributed by atoms with Crippen LogP contribution in [0.2, 0.25) is 0 Å². The number of halogens is 1. The van der Waals surface area contributed by atoms with Crippen LogP contribution in [0.3, 0.4) is 0 Å². The summed E-state index contributed by atoms with van der Waals surface area (Å²) in [5, 5.41) is 12.9. The van der Waals surface area contributed by atoms with Crippen molar-refractivity contribution in [2.75, 3.05) is 13.1 Å². The number of benzene rings is 1. The SMILES string of the molecule is Cc1cc(F)ccc1C1=CCNC[C@@H]1O. The first-order valence-electron chi connectivity index (χ1n) is 5.04. The molecule has 1 aromatic rings. The van der Waals surface area contributed by atoms with Crippen LogP contribution in [0, 0.1) is 12.7 Å². The van der Waals surface area contributed by atoms with Gasteiger partial charge in [-0.05, 0) is 35.8 Å². The summed E-state index contributed by atoms with van der Waals surface area (Å²) in [6.07, 6.45) is 1.46. The summed E-state index contributed by atoms with van der Waals surface area (Å²) in [5.74, 6) is -0.236. The number of aliphatic hydroxyl groups excluding tert-OH is 1. The molecule has 0 aliphatic carbocycles. The van der Waals surface area contributed by atoms with Crippen LogP contribution in [0.25, 0.3) is 5.57 Å². The molecular formula is C12H14FNO. The molecule has 1 heterocycles. The van der Waals surface area contributed by atoms with Gasteiger partial charge in [0.2, 0.25) is 0 Å². The maximum Gasteiger partial charge on any atom is 0.123 e. The lowest BCUT2D eigenvalue weighted by atomic mass is 9.94. The lowest BCUT2D eigenvalue weighted by Gasteiger charge is -2.22. The van der Waals surface area contributed by atoms with E-state index in [1.807, 2.05) is 13.0 Å². The standard InChI is InChI=1S/C12H14FNO/c1-8-6-9(13)2-3-10(8)11-4-5-14-7-12(11)15/h2-4,6,12,14-15H,5,7H2,1H3/t12-/m0/s1. The minimum Gasteiger partial charge on any atom is -0.387 e. The Hall–Kier alpha value is -1.19. The topological polar surface area (TPSA) is 32.3 Å². The summed E-state index contributed by atoms with van der Waals surface area (Å²) in [6.45, 7) is 3.17. The van der Waals surface area contributed by atoms with Crippen molar-refractivity contribution in [1.29, 1.82) is 0 Å². The van der Waals surface area contributed by atoms with E-state index < -0.39 is 6.10 Å². The van der Waals surface area contributed by atoms with Crippen molar-refractivity contribution in [2.24, 2.45) is 0 Å². The molecule has 80 valence electrons. The zero-order chi connectivity index (χ0) is 10.8. The molecule has 0 fully saturated rings. The van der Waals surface area contributed by atoms with E-state index in [1.54, 1.807) is 6.07 Å². The second-order valence-corrected chi connectivity index (χ2v) is 3.79. The highest BCUT2D eigenvalue weighted by atomic mass is 19.1. The molecule has 15 heavy (non-hydrogen) atoms. The number of hydrogen-bond donors (Lipinski definition) is 2. The maximum absolute atomic E-state index is 12.9. The van der Waals surface area contributed by atoms with E-state index in [-0.39, 0.29) is 5.82 Å².